The van der Waals surface area contributed by atoms with Gasteiger partial charge in [-0.25, -0.2) is 0 Å². The van der Waals surface area contributed by atoms with Gasteiger partial charge in [0.25, 0.3) is 5.91 Å². The summed E-state index contributed by atoms with van der Waals surface area (Å²) in [6.07, 6.45) is 6.84. The zero-order valence-corrected chi connectivity index (χ0v) is 16.1. The molecule has 0 saturated heterocycles. The lowest BCUT2D eigenvalue weighted by Crippen LogP contribution is -2.29. The minimum Gasteiger partial charge on any atom is -0.356 e. The van der Waals surface area contributed by atoms with Crippen LogP contribution in [0.1, 0.15) is 75.2 Å². The van der Waals surface area contributed by atoms with E-state index < -0.39 is 0 Å². The smallest absolute Gasteiger partial charge is 0.251 e. The van der Waals surface area contributed by atoms with Gasteiger partial charge in [0.05, 0.1) is 0 Å². The largest absolute Gasteiger partial charge is 0.356 e. The zero-order chi connectivity index (χ0) is 18.5. The van der Waals surface area contributed by atoms with Gasteiger partial charge in [0, 0.05) is 25.1 Å². The summed E-state index contributed by atoms with van der Waals surface area (Å²) < 4.78 is 0. The van der Waals surface area contributed by atoms with Crippen LogP contribution in [-0.2, 0) is 11.2 Å². The normalized spacial score (nSPS) is 10.7. The molecule has 2 N–H and O–H groups in total. The van der Waals surface area contributed by atoms with Gasteiger partial charge in [-0.15, -0.1) is 0 Å². The minimum atomic E-state index is -0.0537. The maximum atomic E-state index is 12.1. The van der Waals surface area contributed by atoms with Gasteiger partial charge >= 0.3 is 0 Å². The lowest BCUT2D eigenvalue weighted by Gasteiger charge is -2.08. The number of unbranched alkanes of at least 4 members (excludes halogenated alkanes) is 3. The molecule has 0 aromatic heterocycles. The average molecular weight is 347 g/mol. The Morgan fingerprint density at radius 3 is 2.24 bits per heavy atom. The summed E-state index contributed by atoms with van der Waals surface area (Å²) in [6, 6.07) is 7.80. The van der Waals surface area contributed by atoms with E-state index in [2.05, 4.69) is 31.4 Å². The molecule has 2 amide bonds. The molecule has 0 radical (unpaired) electrons. The predicted molar refractivity (Wildman–Crippen MR) is 104 cm³/mol. The molecule has 1 rings (SSSR count). The van der Waals surface area contributed by atoms with Gasteiger partial charge in [-0.2, -0.15) is 0 Å². The lowest BCUT2D eigenvalue weighted by atomic mass is 10.0. The summed E-state index contributed by atoms with van der Waals surface area (Å²) >= 11 is 0. The van der Waals surface area contributed by atoms with Gasteiger partial charge in [-0.3, -0.25) is 9.59 Å². The molecule has 0 atom stereocenters. The van der Waals surface area contributed by atoms with E-state index in [4.69, 9.17) is 0 Å². The van der Waals surface area contributed by atoms with E-state index in [1.807, 2.05) is 24.3 Å². The number of rotatable bonds is 12. The number of hydrogen-bond donors (Lipinski definition) is 2. The lowest BCUT2D eigenvalue weighted by molar-refractivity contribution is -0.121. The van der Waals surface area contributed by atoms with Gasteiger partial charge in [0.2, 0.25) is 5.91 Å². The van der Waals surface area contributed by atoms with E-state index >= 15 is 0 Å². The van der Waals surface area contributed by atoms with E-state index in [9.17, 15) is 9.59 Å². The Balaban J connectivity index is 2.15. The molecule has 0 fully saturated rings. The van der Waals surface area contributed by atoms with Crippen molar-refractivity contribution in [1.29, 1.82) is 0 Å². The summed E-state index contributed by atoms with van der Waals surface area (Å²) in [4.78, 5) is 23.7. The first kappa shape index (κ1) is 21.2. The summed E-state index contributed by atoms with van der Waals surface area (Å²) in [5.41, 5.74) is 1.95. The molecular formula is C21H34N2O2. The van der Waals surface area contributed by atoms with E-state index in [-0.39, 0.29) is 11.8 Å². The van der Waals surface area contributed by atoms with Crippen molar-refractivity contribution in [2.75, 3.05) is 13.1 Å². The van der Waals surface area contributed by atoms with Crippen LogP contribution in [0.3, 0.4) is 0 Å². The van der Waals surface area contributed by atoms with Crippen molar-refractivity contribution in [3.05, 3.63) is 35.4 Å². The molecule has 1 aromatic carbocycles. The number of carbonyl (C=O) groups is 2. The van der Waals surface area contributed by atoms with Crippen LogP contribution in [0.25, 0.3) is 0 Å². The Bertz CT molecular complexity index is 509. The van der Waals surface area contributed by atoms with E-state index in [0.29, 0.717) is 31.0 Å². The summed E-state index contributed by atoms with van der Waals surface area (Å²) in [6.45, 7) is 7.71. The van der Waals surface area contributed by atoms with Crippen molar-refractivity contribution >= 4 is 11.8 Å². The first-order valence-electron chi connectivity index (χ1n) is 9.66. The highest BCUT2D eigenvalue weighted by Gasteiger charge is 2.06. The first-order chi connectivity index (χ1) is 12.0. The van der Waals surface area contributed by atoms with Crippen molar-refractivity contribution in [3.8, 4) is 0 Å². The van der Waals surface area contributed by atoms with E-state index in [0.717, 1.165) is 25.7 Å². The van der Waals surface area contributed by atoms with Gasteiger partial charge in [0.1, 0.15) is 0 Å². The highest BCUT2D eigenvalue weighted by Crippen LogP contribution is 2.09. The molecule has 1 aromatic rings. The third kappa shape index (κ3) is 9.90. The Kier molecular flexibility index (Phi) is 10.6. The van der Waals surface area contributed by atoms with Crippen molar-refractivity contribution < 1.29 is 9.59 Å². The summed E-state index contributed by atoms with van der Waals surface area (Å²) in [5, 5.41) is 5.81. The molecule has 0 aliphatic carbocycles. The van der Waals surface area contributed by atoms with Crippen LogP contribution < -0.4 is 10.6 Å². The molecule has 0 saturated carbocycles. The summed E-state index contributed by atoms with van der Waals surface area (Å²) in [5.74, 6) is 0.673. The van der Waals surface area contributed by atoms with Gasteiger partial charge in [0.15, 0.2) is 0 Å². The van der Waals surface area contributed by atoms with Crippen LogP contribution in [0.5, 0.6) is 0 Å². The number of benzene rings is 1. The zero-order valence-electron chi connectivity index (χ0n) is 16.1. The quantitative estimate of drug-likeness (QED) is 0.560. The number of hydrogen-bond acceptors (Lipinski definition) is 2. The fourth-order valence-corrected chi connectivity index (χ4v) is 2.68. The minimum absolute atomic E-state index is 0.0537. The Labute approximate surface area is 152 Å². The van der Waals surface area contributed by atoms with Crippen molar-refractivity contribution in [2.45, 2.75) is 65.7 Å². The van der Waals surface area contributed by atoms with Gasteiger partial charge < -0.3 is 10.6 Å². The Morgan fingerprint density at radius 1 is 0.920 bits per heavy atom. The van der Waals surface area contributed by atoms with Gasteiger partial charge in [-0.1, -0.05) is 52.2 Å². The standard InChI is InChI=1S/C21H34N2O2/c1-4-5-6-7-9-20(24)22-14-8-15-23-21(25)19-12-10-18(11-13-19)16-17(2)3/h10-13,17H,4-9,14-16H2,1-3H3,(H,22,24)(H,23,25). The first-order valence-corrected chi connectivity index (χ1v) is 9.66. The highest BCUT2D eigenvalue weighted by molar-refractivity contribution is 5.94. The molecule has 25 heavy (non-hydrogen) atoms. The van der Waals surface area contributed by atoms with Crippen LogP contribution in [0.4, 0.5) is 0 Å². The second-order valence-electron chi connectivity index (χ2n) is 7.06. The van der Waals surface area contributed by atoms with E-state index in [1.54, 1.807) is 0 Å². The topological polar surface area (TPSA) is 58.2 Å². The second-order valence-corrected chi connectivity index (χ2v) is 7.06. The maximum absolute atomic E-state index is 12.1. The molecule has 0 bridgehead atoms. The third-order valence-electron chi connectivity index (χ3n) is 4.08. The molecule has 0 spiro atoms. The predicted octanol–water partition coefficient (Wildman–Crippen LogP) is 4.09. The Morgan fingerprint density at radius 2 is 1.60 bits per heavy atom. The summed E-state index contributed by atoms with van der Waals surface area (Å²) in [7, 11) is 0. The SMILES string of the molecule is CCCCCCC(=O)NCCCNC(=O)c1ccc(CC(C)C)cc1. The monoisotopic (exact) mass is 346 g/mol. The maximum Gasteiger partial charge on any atom is 0.251 e. The van der Waals surface area contributed by atoms with E-state index in [1.165, 1.54) is 18.4 Å². The third-order valence-corrected chi connectivity index (χ3v) is 4.08. The average Bonchev–Trinajstić information content (AvgIpc) is 2.58. The fraction of sp³-hybridized carbons (Fsp3) is 0.619. The number of amides is 2. The van der Waals surface area contributed by atoms with Crippen molar-refractivity contribution in [3.63, 3.8) is 0 Å². The molecule has 0 unspecified atom stereocenters. The number of carbonyl (C=O) groups excluding carboxylic acids is 2. The van der Waals surface area contributed by atoms with Crippen LogP contribution >= 0.6 is 0 Å². The fourth-order valence-electron chi connectivity index (χ4n) is 2.68. The van der Waals surface area contributed by atoms with Crippen LogP contribution in [0.2, 0.25) is 0 Å². The number of nitrogens with one attached hydrogen (secondary N) is 2. The molecule has 0 heterocycles. The molecule has 0 aliphatic rings. The van der Waals surface area contributed by atoms with Crippen LogP contribution in [0.15, 0.2) is 24.3 Å². The molecule has 0 aliphatic heterocycles. The van der Waals surface area contributed by atoms with Gasteiger partial charge in [-0.05, 0) is 42.9 Å². The highest BCUT2D eigenvalue weighted by atomic mass is 16.2. The van der Waals surface area contributed by atoms with Crippen molar-refractivity contribution in [2.24, 2.45) is 5.92 Å². The Hall–Kier alpha value is -1.84. The molecular weight excluding hydrogens is 312 g/mol. The van der Waals surface area contributed by atoms with Crippen molar-refractivity contribution in [1.82, 2.24) is 10.6 Å². The van der Waals surface area contributed by atoms with Crippen LogP contribution in [-0.4, -0.2) is 24.9 Å². The molecule has 4 nitrogen and oxygen atoms in total. The molecule has 140 valence electrons. The van der Waals surface area contributed by atoms with Crippen LogP contribution in [0, 0.1) is 5.92 Å². The second kappa shape index (κ2) is 12.5. The molecule has 4 heteroatoms.